The Morgan fingerprint density at radius 1 is 1.32 bits per heavy atom. The number of amides is 1. The van der Waals surface area contributed by atoms with Crippen LogP contribution in [0.4, 0.5) is 13.2 Å². The van der Waals surface area contributed by atoms with E-state index in [1.165, 1.54) is 13.0 Å². The summed E-state index contributed by atoms with van der Waals surface area (Å²) in [4.78, 5) is 16.1. The van der Waals surface area contributed by atoms with Gasteiger partial charge in [-0.25, -0.2) is 9.50 Å². The van der Waals surface area contributed by atoms with Gasteiger partial charge in [-0.1, -0.05) is 12.8 Å². The van der Waals surface area contributed by atoms with Gasteiger partial charge in [0.05, 0.1) is 0 Å². The van der Waals surface area contributed by atoms with E-state index in [0.29, 0.717) is 4.52 Å². The quantitative estimate of drug-likeness (QED) is 0.927. The summed E-state index contributed by atoms with van der Waals surface area (Å²) in [5.41, 5.74) is -0.739. The van der Waals surface area contributed by atoms with Crippen molar-refractivity contribution in [2.24, 2.45) is 0 Å². The van der Waals surface area contributed by atoms with Gasteiger partial charge in [0.2, 0.25) is 0 Å². The summed E-state index contributed by atoms with van der Waals surface area (Å²) >= 11 is 0. The Balaban J connectivity index is 1.96. The zero-order chi connectivity index (χ0) is 15.9. The summed E-state index contributed by atoms with van der Waals surface area (Å²) in [6, 6.07) is 2.28. The fourth-order valence-electron chi connectivity index (χ4n) is 2.74. The maximum Gasteiger partial charge on any atom is 0.433 e. The lowest BCUT2D eigenvalue weighted by atomic mass is 10.2. The largest absolute Gasteiger partial charge is 0.433 e. The Hall–Kier alpha value is -2.12. The first-order valence-corrected chi connectivity index (χ1v) is 7.10. The summed E-state index contributed by atoms with van der Waals surface area (Å²) in [7, 11) is 0. The molecule has 0 unspecified atom stereocenters. The fraction of sp³-hybridized carbons (Fsp3) is 0.500. The molecule has 1 amide bonds. The third-order valence-corrected chi connectivity index (χ3v) is 3.77. The molecule has 2 aromatic rings. The highest BCUT2D eigenvalue weighted by Gasteiger charge is 2.35. The second-order valence-corrected chi connectivity index (χ2v) is 5.53. The fourth-order valence-corrected chi connectivity index (χ4v) is 2.74. The number of aryl methyl sites for hydroxylation is 1. The molecule has 0 atom stereocenters. The average molecular weight is 312 g/mol. The normalized spacial score (nSPS) is 16.4. The van der Waals surface area contributed by atoms with Gasteiger partial charge in [-0.3, -0.25) is 4.79 Å². The zero-order valence-electron chi connectivity index (χ0n) is 11.9. The molecule has 1 fully saturated rings. The van der Waals surface area contributed by atoms with Crippen molar-refractivity contribution in [3.63, 3.8) is 0 Å². The number of carbonyl (C=O) groups excluding carboxylic acids is 1. The third-order valence-electron chi connectivity index (χ3n) is 3.77. The molecule has 22 heavy (non-hydrogen) atoms. The monoisotopic (exact) mass is 312 g/mol. The van der Waals surface area contributed by atoms with Crippen LogP contribution in [-0.2, 0) is 6.18 Å². The van der Waals surface area contributed by atoms with E-state index in [-0.39, 0.29) is 23.1 Å². The van der Waals surface area contributed by atoms with Gasteiger partial charge in [-0.15, -0.1) is 0 Å². The van der Waals surface area contributed by atoms with Crippen molar-refractivity contribution in [1.82, 2.24) is 19.9 Å². The number of aromatic nitrogens is 3. The van der Waals surface area contributed by atoms with E-state index in [9.17, 15) is 18.0 Å². The molecule has 0 aliphatic heterocycles. The molecule has 2 aromatic heterocycles. The predicted octanol–water partition coefficient (Wildman–Crippen LogP) is 2.73. The van der Waals surface area contributed by atoms with Gasteiger partial charge in [-0.2, -0.15) is 18.3 Å². The summed E-state index contributed by atoms with van der Waals surface area (Å²) in [5, 5.41) is 6.59. The molecule has 1 aliphatic carbocycles. The minimum Gasteiger partial charge on any atom is -0.348 e. The van der Waals surface area contributed by atoms with E-state index in [4.69, 9.17) is 0 Å². The van der Waals surface area contributed by atoms with Crippen LogP contribution < -0.4 is 5.32 Å². The molecule has 3 rings (SSSR count). The van der Waals surface area contributed by atoms with E-state index in [1.54, 1.807) is 0 Å². The molecule has 8 heteroatoms. The standard InChI is InChI=1S/C14H15F3N4O/c1-8-6-11(14(15,16)17)21-12(18-8)7-10(20-21)13(22)19-9-4-2-3-5-9/h6-7,9H,2-5H2,1H3,(H,19,22). The van der Waals surface area contributed by atoms with Crippen LogP contribution in [0.5, 0.6) is 0 Å². The Morgan fingerprint density at radius 3 is 2.64 bits per heavy atom. The molecule has 0 radical (unpaired) electrons. The lowest BCUT2D eigenvalue weighted by molar-refractivity contribution is -0.142. The third kappa shape index (κ3) is 2.77. The van der Waals surface area contributed by atoms with Crippen LogP contribution in [0.3, 0.4) is 0 Å². The van der Waals surface area contributed by atoms with E-state index < -0.39 is 17.8 Å². The van der Waals surface area contributed by atoms with Crippen LogP contribution in [0.15, 0.2) is 12.1 Å². The molecule has 0 aromatic carbocycles. The van der Waals surface area contributed by atoms with E-state index in [1.807, 2.05) is 0 Å². The Labute approximate surface area is 124 Å². The number of alkyl halides is 3. The molecule has 0 spiro atoms. The Bertz CT molecular complexity index is 717. The maximum absolute atomic E-state index is 13.0. The number of fused-ring (bicyclic) bond motifs is 1. The molecule has 1 N–H and O–H groups in total. The van der Waals surface area contributed by atoms with Gasteiger partial charge < -0.3 is 5.32 Å². The smallest absolute Gasteiger partial charge is 0.348 e. The van der Waals surface area contributed by atoms with Crippen molar-refractivity contribution in [3.05, 3.63) is 29.2 Å². The molecule has 2 heterocycles. The number of hydrogen-bond donors (Lipinski definition) is 1. The van der Waals surface area contributed by atoms with Gasteiger partial charge >= 0.3 is 6.18 Å². The van der Waals surface area contributed by atoms with E-state index >= 15 is 0 Å². The second kappa shape index (κ2) is 5.26. The molecule has 1 saturated carbocycles. The maximum atomic E-state index is 13.0. The van der Waals surface area contributed by atoms with Gasteiger partial charge in [-0.05, 0) is 25.8 Å². The van der Waals surface area contributed by atoms with Gasteiger partial charge in [0.1, 0.15) is 5.69 Å². The number of rotatable bonds is 2. The average Bonchev–Trinajstić information content (AvgIpc) is 3.05. The second-order valence-electron chi connectivity index (χ2n) is 5.53. The number of carbonyl (C=O) groups is 1. The number of halogens is 3. The lowest BCUT2D eigenvalue weighted by Crippen LogP contribution is -2.32. The number of nitrogens with zero attached hydrogens (tertiary/aromatic N) is 3. The molecule has 118 valence electrons. The molecule has 5 nitrogen and oxygen atoms in total. The van der Waals surface area contributed by atoms with Crippen LogP contribution >= 0.6 is 0 Å². The van der Waals surface area contributed by atoms with Crippen molar-refractivity contribution in [1.29, 1.82) is 0 Å². The predicted molar refractivity (Wildman–Crippen MR) is 72.4 cm³/mol. The highest BCUT2D eigenvalue weighted by molar-refractivity contribution is 5.93. The van der Waals surface area contributed by atoms with Crippen LogP contribution in [0, 0.1) is 6.92 Å². The van der Waals surface area contributed by atoms with E-state index in [0.717, 1.165) is 31.7 Å². The van der Waals surface area contributed by atoms with Crippen LogP contribution in [-0.4, -0.2) is 26.5 Å². The summed E-state index contributed by atoms with van der Waals surface area (Å²) in [5.74, 6) is -0.455. The Kier molecular flexibility index (Phi) is 3.54. The molecular formula is C14H15F3N4O. The Morgan fingerprint density at radius 2 is 2.00 bits per heavy atom. The molecule has 0 bridgehead atoms. The molecule has 1 aliphatic rings. The SMILES string of the molecule is Cc1cc(C(F)(F)F)n2nc(C(=O)NC3CCCC3)cc2n1. The molecular weight excluding hydrogens is 297 g/mol. The highest BCUT2D eigenvalue weighted by Crippen LogP contribution is 2.29. The number of hydrogen-bond acceptors (Lipinski definition) is 3. The van der Waals surface area contributed by atoms with Gasteiger partial charge in [0, 0.05) is 17.8 Å². The van der Waals surface area contributed by atoms with Crippen molar-refractivity contribution < 1.29 is 18.0 Å². The summed E-state index contributed by atoms with van der Waals surface area (Å²) in [6.45, 7) is 1.47. The zero-order valence-corrected chi connectivity index (χ0v) is 11.9. The minimum absolute atomic E-state index is 0.0175. The molecule has 0 saturated heterocycles. The van der Waals surface area contributed by atoms with E-state index in [2.05, 4.69) is 15.4 Å². The van der Waals surface area contributed by atoms with Gasteiger partial charge in [0.25, 0.3) is 5.91 Å². The van der Waals surface area contributed by atoms with Crippen LogP contribution in [0.1, 0.15) is 47.6 Å². The number of nitrogens with one attached hydrogen (secondary N) is 1. The van der Waals surface area contributed by atoms with Gasteiger partial charge in [0.15, 0.2) is 11.3 Å². The lowest BCUT2D eigenvalue weighted by Gasteiger charge is -2.10. The summed E-state index contributed by atoms with van der Waals surface area (Å²) < 4.78 is 39.8. The minimum atomic E-state index is -4.56. The first kappa shape index (κ1) is 14.8. The van der Waals surface area contributed by atoms with Crippen molar-refractivity contribution in [2.75, 3.05) is 0 Å². The van der Waals surface area contributed by atoms with Crippen LogP contribution in [0.25, 0.3) is 5.65 Å². The first-order chi connectivity index (χ1) is 10.3. The first-order valence-electron chi connectivity index (χ1n) is 7.10. The topological polar surface area (TPSA) is 59.3 Å². The highest BCUT2D eigenvalue weighted by atomic mass is 19.4. The van der Waals surface area contributed by atoms with Crippen molar-refractivity contribution in [3.8, 4) is 0 Å². The van der Waals surface area contributed by atoms with Crippen LogP contribution in [0.2, 0.25) is 0 Å². The van der Waals surface area contributed by atoms with Crippen molar-refractivity contribution >= 4 is 11.6 Å². The van der Waals surface area contributed by atoms with Crippen molar-refractivity contribution in [2.45, 2.75) is 44.8 Å². The summed E-state index contributed by atoms with van der Waals surface area (Å²) in [6.07, 6.45) is -0.671.